The van der Waals surface area contributed by atoms with E-state index in [0.29, 0.717) is 6.07 Å². The lowest BCUT2D eigenvalue weighted by Crippen LogP contribution is -2.15. The molecular formula is C9H8F3N2O3+. The SMILES string of the molecule is CO[N+](=O)c1cc(C(N)=O)ccc1C(F)(F)F. The maximum atomic E-state index is 12.5. The zero-order valence-electron chi connectivity index (χ0n) is 8.62. The van der Waals surface area contributed by atoms with Gasteiger partial charge in [-0.1, -0.05) is 0 Å². The smallest absolute Gasteiger partial charge is 0.366 e. The number of hydrogen-bond donors (Lipinski definition) is 1. The molecule has 1 rings (SSSR count). The van der Waals surface area contributed by atoms with E-state index in [9.17, 15) is 22.9 Å². The van der Waals surface area contributed by atoms with Gasteiger partial charge in [0.1, 0.15) is 5.56 Å². The van der Waals surface area contributed by atoms with Crippen LogP contribution in [0, 0.1) is 4.91 Å². The maximum Gasteiger partial charge on any atom is 0.423 e. The highest BCUT2D eigenvalue weighted by molar-refractivity contribution is 5.93. The summed E-state index contributed by atoms with van der Waals surface area (Å²) in [6.45, 7) is 0. The number of carbonyl (C=O) groups excluding carboxylic acids is 1. The van der Waals surface area contributed by atoms with Gasteiger partial charge in [-0.25, -0.2) is 4.84 Å². The summed E-state index contributed by atoms with van der Waals surface area (Å²) in [4.78, 5) is 25.7. The molecule has 0 atom stereocenters. The summed E-state index contributed by atoms with van der Waals surface area (Å²) in [7, 11) is 0.907. The van der Waals surface area contributed by atoms with Crippen LogP contribution in [0.5, 0.6) is 0 Å². The van der Waals surface area contributed by atoms with Crippen LogP contribution in [0.2, 0.25) is 0 Å². The van der Waals surface area contributed by atoms with Crippen molar-refractivity contribution in [3.63, 3.8) is 0 Å². The Bertz CT molecular complexity index is 471. The Labute approximate surface area is 93.5 Å². The molecule has 92 valence electrons. The third kappa shape index (κ3) is 2.71. The molecule has 0 spiro atoms. The van der Waals surface area contributed by atoms with Crippen molar-refractivity contribution in [2.45, 2.75) is 6.18 Å². The van der Waals surface area contributed by atoms with Gasteiger partial charge in [-0.05, 0) is 12.1 Å². The Balaban J connectivity index is 3.42. The Kier molecular flexibility index (Phi) is 3.35. The van der Waals surface area contributed by atoms with Crippen LogP contribution in [0.3, 0.4) is 0 Å². The average molecular weight is 249 g/mol. The van der Waals surface area contributed by atoms with E-state index in [1.165, 1.54) is 0 Å². The van der Waals surface area contributed by atoms with Gasteiger partial charge in [-0.3, -0.25) is 4.79 Å². The zero-order valence-corrected chi connectivity index (χ0v) is 8.62. The molecule has 0 aliphatic heterocycles. The average Bonchev–Trinajstić information content (AvgIpc) is 2.25. The lowest BCUT2D eigenvalue weighted by molar-refractivity contribution is -0.737. The van der Waals surface area contributed by atoms with E-state index in [-0.39, 0.29) is 10.5 Å². The first-order chi connectivity index (χ1) is 7.77. The van der Waals surface area contributed by atoms with Crippen LogP contribution in [0.25, 0.3) is 0 Å². The Hall–Kier alpha value is -2.12. The van der Waals surface area contributed by atoms with Crippen LogP contribution in [-0.2, 0) is 11.0 Å². The molecule has 0 saturated carbocycles. The molecule has 0 aliphatic carbocycles. The zero-order chi connectivity index (χ0) is 13.2. The van der Waals surface area contributed by atoms with Crippen molar-refractivity contribution in [1.82, 2.24) is 0 Å². The fourth-order valence-electron chi connectivity index (χ4n) is 1.17. The quantitative estimate of drug-likeness (QED) is 0.830. The van der Waals surface area contributed by atoms with Crippen LogP contribution in [-0.4, -0.2) is 17.9 Å². The minimum Gasteiger partial charge on any atom is -0.366 e. The first-order valence-electron chi connectivity index (χ1n) is 4.29. The first-order valence-corrected chi connectivity index (χ1v) is 4.29. The number of alkyl halides is 3. The molecule has 0 aromatic heterocycles. The molecular weight excluding hydrogens is 241 g/mol. The van der Waals surface area contributed by atoms with E-state index in [0.717, 1.165) is 19.2 Å². The molecule has 0 radical (unpaired) electrons. The van der Waals surface area contributed by atoms with Gasteiger partial charge in [-0.15, -0.1) is 0 Å². The number of hydrogen-bond acceptors (Lipinski definition) is 3. The summed E-state index contributed by atoms with van der Waals surface area (Å²) in [5.41, 5.74) is 2.65. The highest BCUT2D eigenvalue weighted by Crippen LogP contribution is 2.36. The van der Waals surface area contributed by atoms with E-state index in [2.05, 4.69) is 4.84 Å². The van der Waals surface area contributed by atoms with Crippen LogP contribution in [0.1, 0.15) is 15.9 Å². The number of halogens is 3. The number of benzene rings is 1. The minimum atomic E-state index is -4.73. The Morgan fingerprint density at radius 3 is 2.41 bits per heavy atom. The second kappa shape index (κ2) is 4.40. The van der Waals surface area contributed by atoms with E-state index in [1.54, 1.807) is 0 Å². The summed E-state index contributed by atoms with van der Waals surface area (Å²) >= 11 is 0. The van der Waals surface area contributed by atoms with Gasteiger partial charge in [-0.2, -0.15) is 13.2 Å². The number of primary amides is 1. The molecule has 0 bridgehead atoms. The molecule has 0 unspecified atom stereocenters. The molecule has 0 saturated heterocycles. The monoisotopic (exact) mass is 249 g/mol. The van der Waals surface area contributed by atoms with Crippen molar-refractivity contribution < 1.29 is 27.7 Å². The standard InChI is InChI=1S/C9H7F3N2O3/c1-17-14(16)7-4-5(8(13)15)2-3-6(7)9(10,11)12/h2-4H,1H3,(H-,13,15)/p+1. The van der Waals surface area contributed by atoms with E-state index in [1.807, 2.05) is 0 Å². The molecule has 1 amide bonds. The largest absolute Gasteiger partial charge is 0.423 e. The van der Waals surface area contributed by atoms with E-state index < -0.39 is 23.3 Å². The number of amides is 1. The van der Waals surface area contributed by atoms with Gasteiger partial charge >= 0.3 is 11.9 Å². The lowest BCUT2D eigenvalue weighted by atomic mass is 10.1. The van der Waals surface area contributed by atoms with Crippen LogP contribution < -0.4 is 5.73 Å². The fourth-order valence-corrected chi connectivity index (χ4v) is 1.17. The highest BCUT2D eigenvalue weighted by Gasteiger charge is 2.40. The van der Waals surface area contributed by atoms with Gasteiger partial charge in [0.2, 0.25) is 5.91 Å². The van der Waals surface area contributed by atoms with Gasteiger partial charge < -0.3 is 5.73 Å². The topological polar surface area (TPSA) is 72.4 Å². The number of carbonyl (C=O) groups is 1. The molecule has 0 fully saturated rings. The van der Waals surface area contributed by atoms with Crippen LogP contribution in [0.4, 0.5) is 18.9 Å². The third-order valence-electron chi connectivity index (χ3n) is 1.95. The summed E-state index contributed by atoms with van der Waals surface area (Å²) in [6.07, 6.45) is -4.73. The normalized spacial score (nSPS) is 11.1. The van der Waals surface area contributed by atoms with Crippen molar-refractivity contribution in [1.29, 1.82) is 0 Å². The summed E-state index contributed by atoms with van der Waals surface area (Å²) < 4.78 is 37.6. The molecule has 17 heavy (non-hydrogen) atoms. The fraction of sp³-hybridized carbons (Fsp3) is 0.222. The molecule has 0 heterocycles. The van der Waals surface area contributed by atoms with Crippen LogP contribution >= 0.6 is 0 Å². The Morgan fingerprint density at radius 2 is 2.00 bits per heavy atom. The Morgan fingerprint density at radius 1 is 1.41 bits per heavy atom. The van der Waals surface area contributed by atoms with Crippen molar-refractivity contribution in [3.8, 4) is 0 Å². The maximum absolute atomic E-state index is 12.5. The summed E-state index contributed by atoms with van der Waals surface area (Å²) in [5.74, 6) is -0.940. The summed E-state index contributed by atoms with van der Waals surface area (Å²) in [5, 5.41) is 0. The minimum absolute atomic E-state index is 0.217. The van der Waals surface area contributed by atoms with Crippen molar-refractivity contribution >= 4 is 11.6 Å². The third-order valence-corrected chi connectivity index (χ3v) is 1.95. The number of rotatable bonds is 3. The number of nitrogens with zero attached hydrogens (tertiary/aromatic N) is 1. The summed E-state index contributed by atoms with van der Waals surface area (Å²) in [6, 6.07) is 2.21. The predicted molar refractivity (Wildman–Crippen MR) is 50.3 cm³/mol. The molecule has 0 aliphatic rings. The molecule has 2 N–H and O–H groups in total. The molecule has 1 aromatic rings. The van der Waals surface area contributed by atoms with Gasteiger partial charge in [0.25, 0.3) is 4.92 Å². The van der Waals surface area contributed by atoms with Gasteiger partial charge in [0.05, 0.1) is 4.91 Å². The highest BCUT2D eigenvalue weighted by atomic mass is 19.4. The van der Waals surface area contributed by atoms with Crippen molar-refractivity contribution in [2.24, 2.45) is 5.73 Å². The van der Waals surface area contributed by atoms with E-state index >= 15 is 0 Å². The van der Waals surface area contributed by atoms with Gasteiger partial charge in [0.15, 0.2) is 7.11 Å². The van der Waals surface area contributed by atoms with Crippen molar-refractivity contribution in [2.75, 3.05) is 7.11 Å². The first kappa shape index (κ1) is 12.9. The van der Waals surface area contributed by atoms with Gasteiger partial charge in [0, 0.05) is 11.6 Å². The molecule has 8 heteroatoms. The predicted octanol–water partition coefficient (Wildman–Crippen LogP) is 1.78. The molecule has 1 aromatic carbocycles. The second-order valence-corrected chi connectivity index (χ2v) is 3.03. The lowest BCUT2D eigenvalue weighted by Gasteiger charge is -2.06. The van der Waals surface area contributed by atoms with E-state index in [4.69, 9.17) is 5.73 Å². The second-order valence-electron chi connectivity index (χ2n) is 3.03. The number of nitrogens with two attached hydrogens (primary N) is 1. The molecule has 5 nitrogen and oxygen atoms in total. The van der Waals surface area contributed by atoms with Crippen LogP contribution in [0.15, 0.2) is 18.2 Å². The van der Waals surface area contributed by atoms with Crippen molar-refractivity contribution in [3.05, 3.63) is 34.2 Å².